The van der Waals surface area contributed by atoms with E-state index in [1.54, 1.807) is 0 Å². The molecule has 0 saturated carbocycles. The van der Waals surface area contributed by atoms with E-state index in [4.69, 9.17) is 4.74 Å². The van der Waals surface area contributed by atoms with Crippen molar-refractivity contribution < 1.29 is 9.84 Å². The molecule has 0 radical (unpaired) electrons. The molecule has 0 aliphatic carbocycles. The molecule has 1 N–H and O–H groups in total. The van der Waals surface area contributed by atoms with Gasteiger partial charge in [-0.3, -0.25) is 0 Å². The van der Waals surface area contributed by atoms with E-state index in [1.165, 1.54) is 0 Å². The van der Waals surface area contributed by atoms with E-state index in [-0.39, 0.29) is 6.10 Å². The van der Waals surface area contributed by atoms with Crippen LogP contribution in [-0.4, -0.2) is 11.2 Å². The van der Waals surface area contributed by atoms with E-state index in [0.29, 0.717) is 0 Å². The fourth-order valence-corrected chi connectivity index (χ4v) is 2.46. The number of rotatable bonds is 1. The molecule has 0 amide bonds. The van der Waals surface area contributed by atoms with E-state index in [1.807, 2.05) is 61.5 Å². The average Bonchev–Trinajstić information content (AvgIpc) is 2.64. The summed E-state index contributed by atoms with van der Waals surface area (Å²) in [5, 5.41) is 11.0. The number of hydrogen-bond acceptors (Lipinski definition) is 2. The van der Waals surface area contributed by atoms with Crippen LogP contribution in [0.4, 0.5) is 0 Å². The monoisotopic (exact) mass is 226 g/mol. The second-order valence-corrected chi connectivity index (χ2v) is 4.39. The minimum absolute atomic E-state index is 0.276. The lowest BCUT2D eigenvalue weighted by molar-refractivity contribution is 0.00393. The molecule has 1 aliphatic heterocycles. The van der Waals surface area contributed by atoms with E-state index >= 15 is 0 Å². The lowest BCUT2D eigenvalue weighted by Crippen LogP contribution is -2.36. The SMILES string of the molecule is C[C@H]1Oc2ccccc2[C@]1(O)c1ccccc1. The predicted octanol–water partition coefficient (Wildman–Crippen LogP) is 2.70. The third-order valence-corrected chi connectivity index (χ3v) is 3.40. The summed E-state index contributed by atoms with van der Waals surface area (Å²) in [7, 11) is 0. The molecule has 1 heterocycles. The molecule has 0 bridgehead atoms. The van der Waals surface area contributed by atoms with Gasteiger partial charge in [0.05, 0.1) is 0 Å². The number of para-hydroxylation sites is 1. The highest BCUT2D eigenvalue weighted by Crippen LogP contribution is 2.45. The molecule has 17 heavy (non-hydrogen) atoms. The fraction of sp³-hybridized carbons (Fsp3) is 0.200. The first-order valence-corrected chi connectivity index (χ1v) is 5.77. The highest BCUT2D eigenvalue weighted by molar-refractivity contribution is 5.49. The Hall–Kier alpha value is -1.80. The molecule has 0 fully saturated rings. The Morgan fingerprint density at radius 1 is 1.00 bits per heavy atom. The lowest BCUT2D eigenvalue weighted by Gasteiger charge is -2.27. The normalized spacial score (nSPS) is 26.4. The molecule has 1 aliphatic rings. The molecule has 86 valence electrons. The predicted molar refractivity (Wildman–Crippen MR) is 66.0 cm³/mol. The Morgan fingerprint density at radius 3 is 2.41 bits per heavy atom. The van der Waals surface area contributed by atoms with Crippen LogP contribution in [-0.2, 0) is 5.60 Å². The third kappa shape index (κ3) is 1.38. The van der Waals surface area contributed by atoms with Gasteiger partial charge in [-0.2, -0.15) is 0 Å². The van der Waals surface area contributed by atoms with Crippen molar-refractivity contribution >= 4 is 0 Å². The second kappa shape index (κ2) is 3.60. The van der Waals surface area contributed by atoms with Crippen LogP contribution >= 0.6 is 0 Å². The van der Waals surface area contributed by atoms with Crippen molar-refractivity contribution in [3.8, 4) is 5.75 Å². The molecule has 0 saturated heterocycles. The highest BCUT2D eigenvalue weighted by atomic mass is 16.5. The number of aliphatic hydroxyl groups is 1. The van der Waals surface area contributed by atoms with E-state index in [9.17, 15) is 5.11 Å². The first kappa shape index (κ1) is 10.4. The van der Waals surface area contributed by atoms with Crippen LogP contribution in [0.1, 0.15) is 18.1 Å². The van der Waals surface area contributed by atoms with Crippen molar-refractivity contribution in [3.63, 3.8) is 0 Å². The van der Waals surface area contributed by atoms with Crippen LogP contribution in [0.5, 0.6) is 5.75 Å². The molecule has 0 aromatic heterocycles. The maximum atomic E-state index is 11.0. The highest BCUT2D eigenvalue weighted by Gasteiger charge is 2.46. The standard InChI is InChI=1S/C15H14O2/c1-11-15(16,12-7-3-2-4-8-12)13-9-5-6-10-14(13)17-11/h2-11,16H,1H3/t11-,15-/m1/s1. The van der Waals surface area contributed by atoms with Gasteiger partial charge in [-0.25, -0.2) is 0 Å². The van der Waals surface area contributed by atoms with Crippen molar-refractivity contribution in [1.82, 2.24) is 0 Å². The van der Waals surface area contributed by atoms with Gasteiger partial charge in [0.1, 0.15) is 11.9 Å². The number of ether oxygens (including phenoxy) is 1. The second-order valence-electron chi connectivity index (χ2n) is 4.39. The molecule has 2 aromatic rings. The maximum absolute atomic E-state index is 11.0. The van der Waals surface area contributed by atoms with Gasteiger partial charge < -0.3 is 9.84 Å². The number of benzene rings is 2. The molecule has 2 nitrogen and oxygen atoms in total. The Labute approximate surface area is 100 Å². The summed E-state index contributed by atoms with van der Waals surface area (Å²) in [6.45, 7) is 1.90. The Kier molecular flexibility index (Phi) is 2.20. The smallest absolute Gasteiger partial charge is 0.155 e. The molecule has 0 unspecified atom stereocenters. The number of fused-ring (bicyclic) bond motifs is 1. The molecular formula is C15H14O2. The van der Waals surface area contributed by atoms with E-state index < -0.39 is 5.60 Å². The van der Waals surface area contributed by atoms with Crippen LogP contribution in [0.25, 0.3) is 0 Å². The van der Waals surface area contributed by atoms with Crippen molar-refractivity contribution in [2.45, 2.75) is 18.6 Å². The van der Waals surface area contributed by atoms with Gasteiger partial charge in [-0.15, -0.1) is 0 Å². The Balaban J connectivity index is 2.20. The first-order valence-electron chi connectivity index (χ1n) is 5.77. The summed E-state index contributed by atoms with van der Waals surface area (Å²) in [6.07, 6.45) is -0.276. The summed E-state index contributed by atoms with van der Waals surface area (Å²) in [5.41, 5.74) is 0.675. The van der Waals surface area contributed by atoms with Crippen LogP contribution in [0, 0.1) is 0 Å². The lowest BCUT2D eigenvalue weighted by atomic mass is 9.84. The first-order chi connectivity index (χ1) is 8.23. The molecule has 2 heteroatoms. The van der Waals surface area contributed by atoms with Crippen molar-refractivity contribution in [2.24, 2.45) is 0 Å². The van der Waals surface area contributed by atoms with Gasteiger partial charge in [0.2, 0.25) is 0 Å². The molecule has 0 spiro atoms. The van der Waals surface area contributed by atoms with Gasteiger partial charge in [0.25, 0.3) is 0 Å². The zero-order valence-corrected chi connectivity index (χ0v) is 9.63. The van der Waals surface area contributed by atoms with Gasteiger partial charge in [0, 0.05) is 5.56 Å². The summed E-state index contributed by atoms with van der Waals surface area (Å²) in [5.74, 6) is 0.770. The Morgan fingerprint density at radius 2 is 1.65 bits per heavy atom. The topological polar surface area (TPSA) is 29.5 Å². The average molecular weight is 226 g/mol. The Bertz CT molecular complexity index is 536. The molecule has 2 atom stereocenters. The summed E-state index contributed by atoms with van der Waals surface area (Å²) >= 11 is 0. The van der Waals surface area contributed by atoms with Crippen LogP contribution in [0.15, 0.2) is 54.6 Å². The van der Waals surface area contributed by atoms with Crippen LogP contribution in [0.3, 0.4) is 0 Å². The van der Waals surface area contributed by atoms with Gasteiger partial charge in [0.15, 0.2) is 5.60 Å². The van der Waals surface area contributed by atoms with E-state index in [2.05, 4.69) is 0 Å². The molecular weight excluding hydrogens is 212 g/mol. The third-order valence-electron chi connectivity index (χ3n) is 3.40. The van der Waals surface area contributed by atoms with Crippen LogP contribution < -0.4 is 4.74 Å². The van der Waals surface area contributed by atoms with E-state index in [0.717, 1.165) is 16.9 Å². The molecule has 3 rings (SSSR count). The summed E-state index contributed by atoms with van der Waals surface area (Å²) < 4.78 is 5.73. The van der Waals surface area contributed by atoms with Gasteiger partial charge in [-0.05, 0) is 18.6 Å². The minimum atomic E-state index is -1.04. The van der Waals surface area contributed by atoms with Gasteiger partial charge in [-0.1, -0.05) is 48.5 Å². The zero-order chi connectivity index (χ0) is 11.9. The maximum Gasteiger partial charge on any atom is 0.155 e. The minimum Gasteiger partial charge on any atom is -0.487 e. The van der Waals surface area contributed by atoms with Gasteiger partial charge >= 0.3 is 0 Å². The zero-order valence-electron chi connectivity index (χ0n) is 9.63. The largest absolute Gasteiger partial charge is 0.487 e. The van der Waals surface area contributed by atoms with Crippen molar-refractivity contribution in [3.05, 3.63) is 65.7 Å². The summed E-state index contributed by atoms with van der Waals surface area (Å²) in [6, 6.07) is 17.3. The molecule has 2 aromatic carbocycles. The summed E-state index contributed by atoms with van der Waals surface area (Å²) in [4.78, 5) is 0. The number of hydrogen-bond donors (Lipinski definition) is 1. The van der Waals surface area contributed by atoms with Crippen molar-refractivity contribution in [2.75, 3.05) is 0 Å². The van der Waals surface area contributed by atoms with Crippen LogP contribution in [0.2, 0.25) is 0 Å². The van der Waals surface area contributed by atoms with Crippen molar-refractivity contribution in [1.29, 1.82) is 0 Å². The fourth-order valence-electron chi connectivity index (χ4n) is 2.46. The quantitative estimate of drug-likeness (QED) is 0.810.